The molecule has 0 saturated carbocycles. The molecule has 1 nitrogen and oxygen atoms in total. The van der Waals surface area contributed by atoms with E-state index >= 15 is 0 Å². The predicted molar refractivity (Wildman–Crippen MR) is 76.7 cm³/mol. The molecule has 2 atom stereocenters. The van der Waals surface area contributed by atoms with E-state index in [2.05, 4.69) is 38.2 Å². The van der Waals surface area contributed by atoms with Gasteiger partial charge in [-0.25, -0.2) is 0 Å². The first-order valence-electron chi connectivity index (χ1n) is 6.65. The Bertz CT molecular complexity index is 324. The van der Waals surface area contributed by atoms with Crippen LogP contribution in [0.2, 0.25) is 5.02 Å². The highest BCUT2D eigenvalue weighted by Crippen LogP contribution is 2.16. The van der Waals surface area contributed by atoms with Crippen LogP contribution in [0, 0.1) is 5.92 Å². The van der Waals surface area contributed by atoms with Gasteiger partial charge in [0.1, 0.15) is 0 Å². The standard InChI is InChI=1S/C15H24ClN/c1-4-9-17-15(12(3)5-2)11-13-7-6-8-14(16)10-13/h6-8,10,12,15,17H,4-5,9,11H2,1-3H3. The molecular weight excluding hydrogens is 230 g/mol. The molecule has 0 aromatic heterocycles. The lowest BCUT2D eigenvalue weighted by atomic mass is 9.93. The van der Waals surface area contributed by atoms with Crippen LogP contribution in [0.3, 0.4) is 0 Å². The topological polar surface area (TPSA) is 12.0 Å². The van der Waals surface area contributed by atoms with Gasteiger partial charge < -0.3 is 5.32 Å². The van der Waals surface area contributed by atoms with Crippen LogP contribution in [0.15, 0.2) is 24.3 Å². The fraction of sp³-hybridized carbons (Fsp3) is 0.600. The van der Waals surface area contributed by atoms with Crippen molar-refractivity contribution in [1.82, 2.24) is 5.32 Å². The Hall–Kier alpha value is -0.530. The molecule has 1 rings (SSSR count). The highest BCUT2D eigenvalue weighted by atomic mass is 35.5. The molecular formula is C15H24ClN. The maximum Gasteiger partial charge on any atom is 0.0408 e. The third-order valence-corrected chi connectivity index (χ3v) is 3.57. The third kappa shape index (κ3) is 5.10. The molecule has 0 heterocycles. The maximum absolute atomic E-state index is 6.03. The minimum Gasteiger partial charge on any atom is -0.313 e. The summed E-state index contributed by atoms with van der Waals surface area (Å²) in [5.41, 5.74) is 1.33. The van der Waals surface area contributed by atoms with Gasteiger partial charge in [0.15, 0.2) is 0 Å². The fourth-order valence-corrected chi connectivity index (χ4v) is 2.22. The third-order valence-electron chi connectivity index (χ3n) is 3.33. The Morgan fingerprint density at radius 1 is 1.29 bits per heavy atom. The summed E-state index contributed by atoms with van der Waals surface area (Å²) in [7, 11) is 0. The molecule has 1 aromatic rings. The Morgan fingerprint density at radius 2 is 2.06 bits per heavy atom. The molecule has 0 aliphatic rings. The van der Waals surface area contributed by atoms with Gasteiger partial charge in [0, 0.05) is 11.1 Å². The van der Waals surface area contributed by atoms with Gasteiger partial charge in [-0.1, -0.05) is 50.9 Å². The lowest BCUT2D eigenvalue weighted by molar-refractivity contribution is 0.365. The van der Waals surface area contributed by atoms with Crippen LogP contribution in [-0.2, 0) is 6.42 Å². The number of halogens is 1. The van der Waals surface area contributed by atoms with Crippen molar-refractivity contribution in [3.8, 4) is 0 Å². The molecule has 0 aliphatic heterocycles. The Labute approximate surface area is 111 Å². The van der Waals surface area contributed by atoms with Crippen molar-refractivity contribution >= 4 is 11.6 Å². The second-order valence-electron chi connectivity index (χ2n) is 4.78. The van der Waals surface area contributed by atoms with E-state index in [1.165, 1.54) is 18.4 Å². The Morgan fingerprint density at radius 3 is 2.65 bits per heavy atom. The second-order valence-corrected chi connectivity index (χ2v) is 5.22. The van der Waals surface area contributed by atoms with E-state index in [1.807, 2.05) is 12.1 Å². The molecule has 0 amide bonds. The molecule has 1 N–H and O–H groups in total. The zero-order chi connectivity index (χ0) is 12.7. The molecule has 17 heavy (non-hydrogen) atoms. The number of rotatable bonds is 7. The first-order valence-corrected chi connectivity index (χ1v) is 7.03. The summed E-state index contributed by atoms with van der Waals surface area (Å²) in [4.78, 5) is 0. The van der Waals surface area contributed by atoms with Crippen molar-refractivity contribution in [2.45, 2.75) is 46.1 Å². The summed E-state index contributed by atoms with van der Waals surface area (Å²) in [6.45, 7) is 7.87. The molecule has 0 fully saturated rings. The largest absolute Gasteiger partial charge is 0.313 e. The van der Waals surface area contributed by atoms with E-state index in [0.717, 1.165) is 18.0 Å². The molecule has 0 saturated heterocycles. The number of hydrogen-bond acceptors (Lipinski definition) is 1. The maximum atomic E-state index is 6.03. The zero-order valence-electron chi connectivity index (χ0n) is 11.2. The normalized spacial score (nSPS) is 14.6. The molecule has 2 heteroatoms. The predicted octanol–water partition coefficient (Wildman–Crippen LogP) is 4.30. The molecule has 1 aromatic carbocycles. The van der Waals surface area contributed by atoms with Crippen LogP contribution in [0.25, 0.3) is 0 Å². The molecule has 0 aliphatic carbocycles. The molecule has 96 valence electrons. The molecule has 0 bridgehead atoms. The first kappa shape index (κ1) is 14.5. The smallest absolute Gasteiger partial charge is 0.0408 e. The zero-order valence-corrected chi connectivity index (χ0v) is 11.9. The Kier molecular flexibility index (Phi) is 6.61. The minimum absolute atomic E-state index is 0.554. The van der Waals surface area contributed by atoms with E-state index in [-0.39, 0.29) is 0 Å². The van der Waals surface area contributed by atoms with Gasteiger partial charge >= 0.3 is 0 Å². The van der Waals surface area contributed by atoms with Crippen LogP contribution in [0.1, 0.15) is 39.2 Å². The molecule has 2 unspecified atom stereocenters. The quantitative estimate of drug-likeness (QED) is 0.764. The van der Waals surface area contributed by atoms with Crippen molar-refractivity contribution in [2.75, 3.05) is 6.54 Å². The van der Waals surface area contributed by atoms with Crippen LogP contribution < -0.4 is 5.32 Å². The van der Waals surface area contributed by atoms with Crippen LogP contribution in [0.5, 0.6) is 0 Å². The van der Waals surface area contributed by atoms with Crippen molar-refractivity contribution in [1.29, 1.82) is 0 Å². The van der Waals surface area contributed by atoms with E-state index in [0.29, 0.717) is 12.0 Å². The highest BCUT2D eigenvalue weighted by molar-refractivity contribution is 6.30. The summed E-state index contributed by atoms with van der Waals surface area (Å²) < 4.78 is 0. The minimum atomic E-state index is 0.554. The van der Waals surface area contributed by atoms with Crippen LogP contribution >= 0.6 is 11.6 Å². The summed E-state index contributed by atoms with van der Waals surface area (Å²) in [6, 6.07) is 8.76. The van der Waals surface area contributed by atoms with E-state index in [9.17, 15) is 0 Å². The van der Waals surface area contributed by atoms with Gasteiger partial charge in [-0.3, -0.25) is 0 Å². The van der Waals surface area contributed by atoms with Gasteiger partial charge in [0.2, 0.25) is 0 Å². The van der Waals surface area contributed by atoms with Crippen molar-refractivity contribution in [3.05, 3.63) is 34.9 Å². The van der Waals surface area contributed by atoms with Crippen LogP contribution in [-0.4, -0.2) is 12.6 Å². The van der Waals surface area contributed by atoms with Gasteiger partial charge in [-0.2, -0.15) is 0 Å². The van der Waals surface area contributed by atoms with Gasteiger partial charge in [-0.05, 0) is 43.0 Å². The highest BCUT2D eigenvalue weighted by Gasteiger charge is 2.15. The second kappa shape index (κ2) is 7.73. The van der Waals surface area contributed by atoms with Crippen molar-refractivity contribution in [3.63, 3.8) is 0 Å². The van der Waals surface area contributed by atoms with E-state index in [4.69, 9.17) is 11.6 Å². The van der Waals surface area contributed by atoms with Crippen LogP contribution in [0.4, 0.5) is 0 Å². The van der Waals surface area contributed by atoms with Crippen molar-refractivity contribution < 1.29 is 0 Å². The van der Waals surface area contributed by atoms with E-state index in [1.54, 1.807) is 0 Å². The van der Waals surface area contributed by atoms with Gasteiger partial charge in [0.25, 0.3) is 0 Å². The monoisotopic (exact) mass is 253 g/mol. The number of benzene rings is 1. The summed E-state index contributed by atoms with van der Waals surface area (Å²) >= 11 is 6.03. The summed E-state index contributed by atoms with van der Waals surface area (Å²) in [5, 5.41) is 4.48. The number of hydrogen-bond donors (Lipinski definition) is 1. The number of nitrogens with one attached hydrogen (secondary N) is 1. The lowest BCUT2D eigenvalue weighted by Gasteiger charge is -2.24. The summed E-state index contributed by atoms with van der Waals surface area (Å²) in [6.07, 6.45) is 3.46. The van der Waals surface area contributed by atoms with Gasteiger partial charge in [0.05, 0.1) is 0 Å². The molecule has 0 radical (unpaired) electrons. The lowest BCUT2D eigenvalue weighted by Crippen LogP contribution is -2.37. The summed E-state index contributed by atoms with van der Waals surface area (Å²) in [5.74, 6) is 0.695. The fourth-order valence-electron chi connectivity index (χ4n) is 2.01. The Balaban J connectivity index is 2.64. The average molecular weight is 254 g/mol. The average Bonchev–Trinajstić information content (AvgIpc) is 2.33. The van der Waals surface area contributed by atoms with E-state index < -0.39 is 0 Å². The first-order chi connectivity index (χ1) is 8.17. The van der Waals surface area contributed by atoms with Crippen molar-refractivity contribution in [2.24, 2.45) is 5.92 Å². The molecule has 0 spiro atoms. The van der Waals surface area contributed by atoms with Gasteiger partial charge in [-0.15, -0.1) is 0 Å². The SMILES string of the molecule is CCCNC(Cc1cccc(Cl)c1)C(C)CC.